The van der Waals surface area contributed by atoms with Crippen molar-refractivity contribution in [3.8, 4) is 22.6 Å². The van der Waals surface area contributed by atoms with Gasteiger partial charge in [-0.05, 0) is 57.6 Å². The van der Waals surface area contributed by atoms with Gasteiger partial charge in [-0.2, -0.15) is 0 Å². The van der Waals surface area contributed by atoms with Gasteiger partial charge in [0.15, 0.2) is 12.3 Å². The first-order chi connectivity index (χ1) is 24.8. The number of carbonyl (C=O) groups excluding carboxylic acids is 1. The lowest BCUT2D eigenvalue weighted by Crippen LogP contribution is -2.43. The molecule has 8 nitrogen and oxygen atoms in total. The van der Waals surface area contributed by atoms with E-state index in [9.17, 15) is 15.0 Å². The number of nitrogens with zero attached hydrogens (tertiary/aromatic N) is 3. The number of aliphatic hydroxyl groups is 2. The fourth-order valence-electron chi connectivity index (χ4n) is 7.70. The first-order valence-electron chi connectivity index (χ1n) is 17.5. The highest BCUT2D eigenvalue weighted by atomic mass is 35.5. The van der Waals surface area contributed by atoms with Gasteiger partial charge in [-0.3, -0.25) is 0 Å². The van der Waals surface area contributed by atoms with Crippen LogP contribution in [0.15, 0.2) is 91.4 Å². The largest absolute Gasteiger partial charge is 0.451 e. The van der Waals surface area contributed by atoms with Crippen LogP contribution in [0.5, 0.6) is 0 Å². The Hall–Kier alpha value is -4.01. The molecule has 3 aromatic carbocycles. The van der Waals surface area contributed by atoms with E-state index >= 15 is 0 Å². The molecular formula is C41H43Cl2N3O5Si. The molecule has 0 amide bonds. The number of halogens is 2. The molecule has 1 aliphatic heterocycles. The van der Waals surface area contributed by atoms with Crippen molar-refractivity contribution in [2.45, 2.75) is 88.8 Å². The monoisotopic (exact) mass is 755 g/mol. The second-order valence-corrected chi connectivity index (χ2v) is 20.6. The summed E-state index contributed by atoms with van der Waals surface area (Å²) in [4.78, 5) is 22.4. The standard InChI is InChI=1S/C41H43Cl2N3O5Si/c1-24(2)52(25(3)4,26(5)6)21-20-31-22-46(39-33(31)38(43)44-23-45-39)40-35(48)34(47)37(50-40)36(29-16-18-32(42)19-17-29)51-41(49)30-14-12-28(13-15-30)27-10-8-7-9-11-27/h7-19,22-26,34-37,40,47-48H,1-6H3/t34-,35+,36+,37-,40+/m0/s1. The lowest BCUT2D eigenvalue weighted by atomic mass is 9.98. The summed E-state index contributed by atoms with van der Waals surface area (Å²) in [6.45, 7) is 13.5. The maximum Gasteiger partial charge on any atom is 0.338 e. The van der Waals surface area contributed by atoms with Crippen LogP contribution in [0.25, 0.3) is 22.2 Å². The number of ether oxygens (including phenoxy) is 2. The summed E-state index contributed by atoms with van der Waals surface area (Å²) < 4.78 is 14.2. The number of aromatic nitrogens is 3. The third-order valence-corrected chi connectivity index (χ3v) is 17.2. The van der Waals surface area contributed by atoms with E-state index in [1.165, 1.54) is 6.33 Å². The third-order valence-electron chi connectivity index (χ3n) is 10.4. The molecule has 5 atom stereocenters. The van der Waals surface area contributed by atoms with Crippen molar-refractivity contribution < 1.29 is 24.5 Å². The molecule has 0 saturated carbocycles. The molecular weight excluding hydrogens is 713 g/mol. The van der Waals surface area contributed by atoms with E-state index in [0.717, 1.165) is 11.1 Å². The molecule has 3 heterocycles. The number of benzene rings is 3. The van der Waals surface area contributed by atoms with E-state index in [0.29, 0.717) is 49.4 Å². The van der Waals surface area contributed by atoms with Crippen molar-refractivity contribution in [3.63, 3.8) is 0 Å². The number of hydrogen-bond donors (Lipinski definition) is 2. The summed E-state index contributed by atoms with van der Waals surface area (Å²) in [6.07, 6.45) is -3.19. The number of esters is 1. The normalized spacial score (nSPS) is 19.6. The maximum absolute atomic E-state index is 13.7. The Labute approximate surface area is 315 Å². The van der Waals surface area contributed by atoms with Crippen LogP contribution in [0.3, 0.4) is 0 Å². The fourth-order valence-corrected chi connectivity index (χ4v) is 13.3. The van der Waals surface area contributed by atoms with Crippen molar-refractivity contribution >= 4 is 48.3 Å². The second-order valence-electron chi connectivity index (χ2n) is 14.3. The van der Waals surface area contributed by atoms with Crippen molar-refractivity contribution in [1.82, 2.24) is 14.5 Å². The van der Waals surface area contributed by atoms with Crippen molar-refractivity contribution in [2.75, 3.05) is 0 Å². The summed E-state index contributed by atoms with van der Waals surface area (Å²) in [5.74, 6) is 2.83. The quantitative estimate of drug-likeness (QED) is 0.0669. The van der Waals surface area contributed by atoms with Crippen LogP contribution < -0.4 is 0 Å². The first kappa shape index (κ1) is 37.7. The number of aliphatic hydroxyl groups excluding tert-OH is 2. The van der Waals surface area contributed by atoms with Gasteiger partial charge in [0.05, 0.1) is 16.5 Å². The van der Waals surface area contributed by atoms with E-state index in [4.69, 9.17) is 32.7 Å². The lowest BCUT2D eigenvalue weighted by molar-refractivity contribution is -0.0916. The van der Waals surface area contributed by atoms with Gasteiger partial charge in [0.1, 0.15) is 43.5 Å². The Balaban J connectivity index is 1.36. The molecule has 1 aliphatic rings. The van der Waals surface area contributed by atoms with E-state index in [1.807, 2.05) is 42.5 Å². The van der Waals surface area contributed by atoms with Gasteiger partial charge >= 0.3 is 5.97 Å². The fraction of sp³-hybridized carbons (Fsp3) is 0.341. The molecule has 6 rings (SSSR count). The highest BCUT2D eigenvalue weighted by molar-refractivity contribution is 6.90. The average molecular weight is 757 g/mol. The Morgan fingerprint density at radius 1 is 0.846 bits per heavy atom. The molecule has 0 unspecified atom stereocenters. The molecule has 0 spiro atoms. The Morgan fingerprint density at radius 2 is 1.46 bits per heavy atom. The van der Waals surface area contributed by atoms with Gasteiger partial charge in [-0.25, -0.2) is 14.8 Å². The molecule has 1 fully saturated rings. The van der Waals surface area contributed by atoms with Gasteiger partial charge < -0.3 is 24.3 Å². The van der Waals surface area contributed by atoms with Crippen LogP contribution >= 0.6 is 23.2 Å². The molecule has 1 saturated heterocycles. The van der Waals surface area contributed by atoms with E-state index < -0.39 is 44.7 Å². The van der Waals surface area contributed by atoms with Crippen LogP contribution in [0.4, 0.5) is 0 Å². The smallest absolute Gasteiger partial charge is 0.338 e. The van der Waals surface area contributed by atoms with Crippen LogP contribution in [0, 0.1) is 11.5 Å². The lowest BCUT2D eigenvalue weighted by Gasteiger charge is -2.38. The minimum absolute atomic E-state index is 0.217. The minimum Gasteiger partial charge on any atom is -0.451 e. The zero-order valence-electron chi connectivity index (χ0n) is 30.0. The van der Waals surface area contributed by atoms with Crippen molar-refractivity contribution in [1.29, 1.82) is 0 Å². The van der Waals surface area contributed by atoms with Crippen LogP contribution in [0.2, 0.25) is 26.8 Å². The van der Waals surface area contributed by atoms with E-state index in [2.05, 4.69) is 63.0 Å². The topological polar surface area (TPSA) is 107 Å². The highest BCUT2D eigenvalue weighted by Crippen LogP contribution is 2.43. The Bertz CT molecular complexity index is 2070. The van der Waals surface area contributed by atoms with Crippen molar-refractivity contribution in [3.05, 3.63) is 118 Å². The number of fused-ring (bicyclic) bond motifs is 1. The number of rotatable bonds is 9. The molecule has 2 aromatic heterocycles. The van der Waals surface area contributed by atoms with E-state index in [1.54, 1.807) is 47.2 Å². The summed E-state index contributed by atoms with van der Waals surface area (Å²) in [6, 6.07) is 23.7. The van der Waals surface area contributed by atoms with Crippen LogP contribution in [-0.2, 0) is 9.47 Å². The van der Waals surface area contributed by atoms with Crippen LogP contribution in [0.1, 0.15) is 75.4 Å². The molecule has 5 aromatic rings. The average Bonchev–Trinajstić information content (AvgIpc) is 3.64. The zero-order chi connectivity index (χ0) is 37.3. The van der Waals surface area contributed by atoms with Gasteiger partial charge in [-0.15, -0.1) is 5.54 Å². The molecule has 2 N–H and O–H groups in total. The van der Waals surface area contributed by atoms with Gasteiger partial charge in [0.25, 0.3) is 0 Å². The predicted molar refractivity (Wildman–Crippen MR) is 208 cm³/mol. The van der Waals surface area contributed by atoms with Crippen LogP contribution in [-0.4, -0.2) is 57.1 Å². The Morgan fingerprint density at radius 3 is 2.08 bits per heavy atom. The molecule has 0 radical (unpaired) electrons. The summed E-state index contributed by atoms with van der Waals surface area (Å²) in [5.41, 5.74) is 8.77. The molecule has 0 bridgehead atoms. The van der Waals surface area contributed by atoms with E-state index in [-0.39, 0.29) is 5.15 Å². The molecule has 52 heavy (non-hydrogen) atoms. The summed E-state index contributed by atoms with van der Waals surface area (Å²) >= 11 is 12.9. The Kier molecular flexibility index (Phi) is 11.3. The highest BCUT2D eigenvalue weighted by Gasteiger charge is 2.50. The number of carbonyl (C=O) groups is 1. The zero-order valence-corrected chi connectivity index (χ0v) is 32.5. The maximum atomic E-state index is 13.7. The predicted octanol–water partition coefficient (Wildman–Crippen LogP) is 9.19. The number of hydrogen-bond acceptors (Lipinski definition) is 7. The summed E-state index contributed by atoms with van der Waals surface area (Å²) in [5, 5.41) is 24.4. The molecule has 11 heteroatoms. The first-order valence-corrected chi connectivity index (χ1v) is 20.5. The van der Waals surface area contributed by atoms with Gasteiger partial charge in [0, 0.05) is 11.2 Å². The SMILES string of the molecule is CC(C)[Si](C#Cc1cn([C@@H]2O[C@H]([C@H](OC(=O)c3ccc(-c4ccccc4)cc3)c3ccc(Cl)cc3)[C@@H](O)[C@H]2O)c2ncnc(Cl)c12)(C(C)C)C(C)C. The van der Waals surface area contributed by atoms with Crippen molar-refractivity contribution in [2.24, 2.45) is 0 Å². The molecule has 270 valence electrons. The summed E-state index contributed by atoms with van der Waals surface area (Å²) in [7, 11) is -2.13. The second kappa shape index (κ2) is 15.5. The molecule has 0 aliphatic carbocycles. The third kappa shape index (κ3) is 7.16. The minimum atomic E-state index is -2.13. The van der Waals surface area contributed by atoms with Gasteiger partial charge in [0.2, 0.25) is 0 Å². The van der Waals surface area contributed by atoms with Gasteiger partial charge in [-0.1, -0.05) is 125 Å².